The number of pyridine rings is 1. The minimum atomic E-state index is -0.124. The minimum absolute atomic E-state index is 0.124. The van der Waals surface area contributed by atoms with Crippen LogP contribution in [0.2, 0.25) is 0 Å². The smallest absolute Gasteiger partial charge is 0.267 e. The van der Waals surface area contributed by atoms with Crippen molar-refractivity contribution in [3.63, 3.8) is 0 Å². The van der Waals surface area contributed by atoms with Crippen LogP contribution in [0.3, 0.4) is 0 Å². The fraction of sp³-hybridized carbons (Fsp3) is 0.158. The van der Waals surface area contributed by atoms with Gasteiger partial charge < -0.3 is 0 Å². The summed E-state index contributed by atoms with van der Waals surface area (Å²) in [6.45, 7) is 2.79. The van der Waals surface area contributed by atoms with E-state index in [9.17, 15) is 4.79 Å². The molecule has 0 atom stereocenters. The van der Waals surface area contributed by atoms with E-state index in [1.165, 1.54) is 11.1 Å². The van der Waals surface area contributed by atoms with Crippen LogP contribution in [0.15, 0.2) is 53.0 Å². The molecule has 1 amide bonds. The van der Waals surface area contributed by atoms with Gasteiger partial charge in [-0.1, -0.05) is 28.1 Å². The van der Waals surface area contributed by atoms with Crippen LogP contribution in [0.25, 0.3) is 10.9 Å². The van der Waals surface area contributed by atoms with Crippen molar-refractivity contribution in [2.75, 3.05) is 11.6 Å². The highest BCUT2D eigenvalue weighted by molar-refractivity contribution is 9.10. The maximum atomic E-state index is 12.4. The van der Waals surface area contributed by atoms with Crippen LogP contribution >= 0.6 is 15.9 Å². The molecule has 2 aromatic carbocycles. The molecule has 0 unspecified atom stereocenters. The summed E-state index contributed by atoms with van der Waals surface area (Å²) < 4.78 is 0.953. The van der Waals surface area contributed by atoms with Crippen molar-refractivity contribution < 1.29 is 4.79 Å². The molecule has 1 aliphatic heterocycles. The van der Waals surface area contributed by atoms with Gasteiger partial charge in [-0.25, -0.2) is 4.98 Å². The Balaban J connectivity index is 1.63. The van der Waals surface area contributed by atoms with Gasteiger partial charge in [-0.2, -0.15) is 0 Å². The third-order valence-electron chi connectivity index (χ3n) is 4.23. The van der Waals surface area contributed by atoms with Crippen LogP contribution in [0.1, 0.15) is 21.5 Å². The van der Waals surface area contributed by atoms with E-state index in [-0.39, 0.29) is 5.91 Å². The standard InChI is InChI=1S/C19H16BrN3O/c1-12-2-3-14-11-15-8-9-23(18(15)21-17(14)10-12)22-19(24)13-4-6-16(20)7-5-13/h2-7,10-11H,8-9H2,1H3,(H,22,24). The molecule has 0 bridgehead atoms. The van der Waals surface area contributed by atoms with Crippen LogP contribution in [0.5, 0.6) is 0 Å². The number of halogens is 1. The zero-order valence-corrected chi connectivity index (χ0v) is 14.8. The van der Waals surface area contributed by atoms with Gasteiger partial charge in [-0.15, -0.1) is 0 Å². The van der Waals surface area contributed by atoms with Crippen LogP contribution < -0.4 is 10.4 Å². The van der Waals surface area contributed by atoms with Gasteiger partial charge in [0.1, 0.15) is 0 Å². The third kappa shape index (κ3) is 2.76. The first-order valence-corrected chi connectivity index (χ1v) is 8.64. The molecule has 3 aromatic rings. The number of carbonyl (C=O) groups is 1. The Kier molecular flexibility index (Phi) is 3.73. The highest BCUT2D eigenvalue weighted by Gasteiger charge is 2.23. The van der Waals surface area contributed by atoms with Gasteiger partial charge in [0, 0.05) is 22.0 Å². The van der Waals surface area contributed by atoms with Crippen LogP contribution in [0, 0.1) is 6.92 Å². The molecular weight excluding hydrogens is 366 g/mol. The summed E-state index contributed by atoms with van der Waals surface area (Å²) in [5, 5.41) is 2.99. The van der Waals surface area contributed by atoms with Crippen LogP contribution in [-0.2, 0) is 6.42 Å². The highest BCUT2D eigenvalue weighted by Crippen LogP contribution is 2.28. The van der Waals surface area contributed by atoms with Crippen molar-refractivity contribution >= 4 is 38.6 Å². The van der Waals surface area contributed by atoms with Crippen molar-refractivity contribution in [2.24, 2.45) is 0 Å². The lowest BCUT2D eigenvalue weighted by Crippen LogP contribution is -2.41. The lowest BCUT2D eigenvalue weighted by atomic mass is 10.1. The van der Waals surface area contributed by atoms with Gasteiger partial charge >= 0.3 is 0 Å². The summed E-state index contributed by atoms with van der Waals surface area (Å²) in [5.41, 5.74) is 6.90. The van der Waals surface area contributed by atoms with Gasteiger partial charge in [0.05, 0.1) is 5.52 Å². The molecule has 0 spiro atoms. The Hall–Kier alpha value is -2.40. The second-order valence-electron chi connectivity index (χ2n) is 6.02. The maximum Gasteiger partial charge on any atom is 0.269 e. The lowest BCUT2D eigenvalue weighted by Gasteiger charge is -2.19. The molecule has 1 aromatic heterocycles. The van der Waals surface area contributed by atoms with E-state index in [1.54, 1.807) is 12.1 Å². The number of hydrogen-bond donors (Lipinski definition) is 1. The molecular formula is C19H16BrN3O. The van der Waals surface area contributed by atoms with Gasteiger partial charge in [-0.05, 0) is 60.9 Å². The zero-order chi connectivity index (χ0) is 16.7. The monoisotopic (exact) mass is 381 g/mol. The Morgan fingerprint density at radius 2 is 1.96 bits per heavy atom. The van der Waals surface area contributed by atoms with E-state index in [1.807, 2.05) is 17.1 Å². The summed E-state index contributed by atoms with van der Waals surface area (Å²) in [6, 6.07) is 15.8. The number of hydrazine groups is 1. The summed E-state index contributed by atoms with van der Waals surface area (Å²) in [6.07, 6.45) is 0.882. The number of aryl methyl sites for hydroxylation is 1. The third-order valence-corrected chi connectivity index (χ3v) is 4.76. The first-order chi connectivity index (χ1) is 11.6. The van der Waals surface area contributed by atoms with Crippen molar-refractivity contribution in [1.29, 1.82) is 0 Å². The predicted molar refractivity (Wildman–Crippen MR) is 99.1 cm³/mol. The highest BCUT2D eigenvalue weighted by atomic mass is 79.9. The number of carbonyl (C=O) groups excluding carboxylic acids is 1. The maximum absolute atomic E-state index is 12.4. The molecule has 4 rings (SSSR count). The SMILES string of the molecule is Cc1ccc2cc3c(nc2c1)N(NC(=O)c1ccc(Br)cc1)CC3. The molecule has 24 heavy (non-hydrogen) atoms. The number of nitrogens with zero attached hydrogens (tertiary/aromatic N) is 2. The molecule has 120 valence electrons. The number of nitrogens with one attached hydrogen (secondary N) is 1. The number of amides is 1. The first kappa shape index (κ1) is 15.1. The van der Waals surface area contributed by atoms with Crippen LogP contribution in [0.4, 0.5) is 5.82 Å². The van der Waals surface area contributed by atoms with Gasteiger partial charge in [0.25, 0.3) is 5.91 Å². The predicted octanol–water partition coefficient (Wildman–Crippen LogP) is 4.01. The number of hydrogen-bond acceptors (Lipinski definition) is 3. The number of aromatic nitrogens is 1. The lowest BCUT2D eigenvalue weighted by molar-refractivity contribution is 0.0949. The first-order valence-electron chi connectivity index (χ1n) is 7.84. The molecule has 0 radical (unpaired) electrons. The van der Waals surface area contributed by atoms with E-state index in [0.29, 0.717) is 5.56 Å². The Morgan fingerprint density at radius 3 is 2.75 bits per heavy atom. The minimum Gasteiger partial charge on any atom is -0.267 e. The zero-order valence-electron chi connectivity index (χ0n) is 13.2. The molecule has 4 nitrogen and oxygen atoms in total. The van der Waals surface area contributed by atoms with E-state index in [4.69, 9.17) is 4.98 Å². The molecule has 0 saturated heterocycles. The largest absolute Gasteiger partial charge is 0.269 e. The Labute approximate surface area is 148 Å². The molecule has 5 heteroatoms. The number of benzene rings is 2. The normalized spacial score (nSPS) is 13.2. The number of anilines is 1. The molecule has 0 aliphatic carbocycles. The second-order valence-corrected chi connectivity index (χ2v) is 6.93. The molecule has 1 N–H and O–H groups in total. The Bertz CT molecular complexity index is 937. The number of rotatable bonds is 2. The van der Waals surface area contributed by atoms with Crippen molar-refractivity contribution in [3.05, 3.63) is 69.7 Å². The van der Waals surface area contributed by atoms with E-state index >= 15 is 0 Å². The summed E-state index contributed by atoms with van der Waals surface area (Å²) in [4.78, 5) is 17.2. The summed E-state index contributed by atoms with van der Waals surface area (Å²) in [7, 11) is 0. The van der Waals surface area contributed by atoms with Gasteiger partial charge in [0.15, 0.2) is 5.82 Å². The van der Waals surface area contributed by atoms with Crippen LogP contribution in [-0.4, -0.2) is 17.4 Å². The fourth-order valence-electron chi connectivity index (χ4n) is 2.96. The second kappa shape index (κ2) is 5.91. The Morgan fingerprint density at radius 1 is 1.17 bits per heavy atom. The average Bonchev–Trinajstić information content (AvgIpc) is 2.95. The van der Waals surface area contributed by atoms with Gasteiger partial charge in [0.2, 0.25) is 0 Å². The van der Waals surface area contributed by atoms with E-state index < -0.39 is 0 Å². The fourth-order valence-corrected chi connectivity index (χ4v) is 3.23. The van der Waals surface area contributed by atoms with Gasteiger partial charge in [-0.3, -0.25) is 15.2 Å². The van der Waals surface area contributed by atoms with Crippen molar-refractivity contribution in [2.45, 2.75) is 13.3 Å². The summed E-state index contributed by atoms with van der Waals surface area (Å²) >= 11 is 3.38. The molecule has 1 aliphatic rings. The molecule has 0 fully saturated rings. The number of fused-ring (bicyclic) bond motifs is 2. The molecule has 2 heterocycles. The van der Waals surface area contributed by atoms with E-state index in [2.05, 4.69) is 52.5 Å². The van der Waals surface area contributed by atoms with Crippen molar-refractivity contribution in [3.8, 4) is 0 Å². The quantitative estimate of drug-likeness (QED) is 0.729. The van der Waals surface area contributed by atoms with Crippen molar-refractivity contribution in [1.82, 2.24) is 10.4 Å². The van der Waals surface area contributed by atoms with E-state index in [0.717, 1.165) is 34.2 Å². The summed E-state index contributed by atoms with van der Waals surface area (Å²) in [5.74, 6) is 0.722. The average molecular weight is 382 g/mol. The topological polar surface area (TPSA) is 45.2 Å². The molecule has 0 saturated carbocycles.